The first-order chi connectivity index (χ1) is 16.5. The normalized spacial score (nSPS) is 11.0. The number of halogens is 2. The topological polar surface area (TPSA) is 56.2 Å². The molecule has 0 aliphatic carbocycles. The zero-order valence-electron chi connectivity index (χ0n) is 18.1. The van der Waals surface area contributed by atoms with Crippen molar-refractivity contribution in [3.63, 3.8) is 0 Å². The van der Waals surface area contributed by atoms with Gasteiger partial charge in [0.25, 0.3) is 5.91 Å². The van der Waals surface area contributed by atoms with Gasteiger partial charge in [0.2, 0.25) is 0 Å². The van der Waals surface area contributed by atoms with Crippen molar-refractivity contribution >= 4 is 56.3 Å². The molecule has 0 spiro atoms. The lowest BCUT2D eigenvalue weighted by Gasteiger charge is -2.12. The Hall–Kier alpha value is -3.32. The van der Waals surface area contributed by atoms with E-state index in [-0.39, 0.29) is 5.91 Å². The molecule has 2 aromatic heterocycles. The van der Waals surface area contributed by atoms with Crippen molar-refractivity contribution < 1.29 is 9.53 Å². The predicted molar refractivity (Wildman–Crippen MR) is 139 cm³/mol. The summed E-state index contributed by atoms with van der Waals surface area (Å²) in [6, 6.07) is 24.1. The van der Waals surface area contributed by atoms with Gasteiger partial charge in [-0.05, 0) is 61.0 Å². The van der Waals surface area contributed by atoms with Crippen LogP contribution in [0.5, 0.6) is 11.5 Å². The first-order valence-electron chi connectivity index (χ1n) is 10.5. The third-order valence-corrected chi connectivity index (χ3v) is 6.87. The number of nitrogens with one attached hydrogen (secondary N) is 1. The number of amides is 1. The van der Waals surface area contributed by atoms with Crippen molar-refractivity contribution in [1.82, 2.24) is 9.78 Å². The summed E-state index contributed by atoms with van der Waals surface area (Å²) in [5.41, 5.74) is 2.45. The molecule has 0 atom stereocenters. The van der Waals surface area contributed by atoms with Gasteiger partial charge < -0.3 is 10.1 Å². The number of anilines is 1. The molecule has 1 N–H and O–H groups in total. The molecule has 170 valence electrons. The summed E-state index contributed by atoms with van der Waals surface area (Å²) in [7, 11) is 0. The van der Waals surface area contributed by atoms with Crippen molar-refractivity contribution in [1.29, 1.82) is 0 Å². The van der Waals surface area contributed by atoms with Crippen LogP contribution in [0.15, 0.2) is 78.9 Å². The van der Waals surface area contributed by atoms with E-state index in [9.17, 15) is 4.79 Å². The van der Waals surface area contributed by atoms with E-state index >= 15 is 0 Å². The fourth-order valence-electron chi connectivity index (χ4n) is 3.58. The maximum Gasteiger partial charge on any atom is 0.265 e. The number of fused-ring (bicyclic) bond motifs is 1. The highest BCUT2D eigenvalue weighted by molar-refractivity contribution is 7.20. The molecule has 0 unspecified atom stereocenters. The van der Waals surface area contributed by atoms with E-state index in [0.29, 0.717) is 38.7 Å². The van der Waals surface area contributed by atoms with Crippen molar-refractivity contribution in [2.75, 3.05) is 5.32 Å². The first-order valence-corrected chi connectivity index (χ1v) is 12.1. The highest BCUT2D eigenvalue weighted by Crippen LogP contribution is 2.34. The van der Waals surface area contributed by atoms with Crippen LogP contribution in [0.2, 0.25) is 10.0 Å². The van der Waals surface area contributed by atoms with E-state index in [4.69, 9.17) is 27.9 Å². The molecule has 8 heteroatoms. The molecule has 5 rings (SSSR count). The lowest BCUT2D eigenvalue weighted by Crippen LogP contribution is -2.11. The molecule has 0 fully saturated rings. The summed E-state index contributed by atoms with van der Waals surface area (Å²) < 4.78 is 7.88. The minimum atomic E-state index is -0.237. The zero-order valence-corrected chi connectivity index (χ0v) is 20.4. The summed E-state index contributed by atoms with van der Waals surface area (Å²) in [6.07, 6.45) is 0. The second-order valence-electron chi connectivity index (χ2n) is 7.71. The monoisotopic (exact) mass is 507 g/mol. The molecule has 0 bridgehead atoms. The summed E-state index contributed by atoms with van der Waals surface area (Å²) in [5, 5.41) is 9.75. The quantitative estimate of drug-likeness (QED) is 0.255. The van der Waals surface area contributed by atoms with Crippen LogP contribution in [-0.4, -0.2) is 15.7 Å². The molecule has 0 aliphatic rings. The number of benzene rings is 3. The summed E-state index contributed by atoms with van der Waals surface area (Å²) >= 11 is 13.6. The van der Waals surface area contributed by atoms with Crippen LogP contribution in [0.4, 0.5) is 5.69 Å². The van der Waals surface area contributed by atoms with Crippen LogP contribution < -0.4 is 10.1 Å². The standard InChI is InChI=1S/C26H19Cl2N3O2S/c1-16-21-14-24(34-26(21)31(30-16)15-17-7-9-18(27)10-8-17)25(32)29-22-13-19(28)11-12-23(22)33-20-5-3-2-4-6-20/h2-14H,15H2,1H3,(H,29,32). The van der Waals surface area contributed by atoms with Gasteiger partial charge in [-0.3, -0.25) is 9.48 Å². The minimum Gasteiger partial charge on any atom is -0.455 e. The lowest BCUT2D eigenvalue weighted by atomic mass is 10.2. The maximum absolute atomic E-state index is 13.2. The van der Waals surface area contributed by atoms with Crippen molar-refractivity contribution in [2.24, 2.45) is 0 Å². The van der Waals surface area contributed by atoms with E-state index in [1.165, 1.54) is 11.3 Å². The number of nitrogens with zero attached hydrogens (tertiary/aromatic N) is 2. The Morgan fingerprint density at radius 3 is 2.50 bits per heavy atom. The number of carbonyl (C=O) groups is 1. The molecule has 34 heavy (non-hydrogen) atoms. The number of aryl methyl sites for hydroxylation is 1. The molecular formula is C26H19Cl2N3O2S. The lowest BCUT2D eigenvalue weighted by molar-refractivity contribution is 0.103. The number of ether oxygens (including phenoxy) is 1. The predicted octanol–water partition coefficient (Wildman–Crippen LogP) is 7.81. The van der Waals surface area contributed by atoms with Crippen LogP contribution in [0.1, 0.15) is 20.9 Å². The number of rotatable bonds is 6. The number of para-hydroxylation sites is 1. The Morgan fingerprint density at radius 2 is 1.74 bits per heavy atom. The molecule has 0 aliphatic heterocycles. The Labute approximate surface area is 210 Å². The Morgan fingerprint density at radius 1 is 1.00 bits per heavy atom. The van der Waals surface area contributed by atoms with Crippen LogP contribution in [0.25, 0.3) is 10.2 Å². The largest absolute Gasteiger partial charge is 0.455 e. The van der Waals surface area contributed by atoms with E-state index < -0.39 is 0 Å². The Balaban J connectivity index is 1.41. The van der Waals surface area contributed by atoms with Crippen LogP contribution in [0, 0.1) is 6.92 Å². The van der Waals surface area contributed by atoms with Crippen LogP contribution >= 0.6 is 34.5 Å². The molecule has 0 radical (unpaired) electrons. The van der Waals surface area contributed by atoms with Crippen molar-refractivity contribution in [2.45, 2.75) is 13.5 Å². The van der Waals surface area contributed by atoms with Crippen molar-refractivity contribution in [3.05, 3.63) is 105 Å². The van der Waals surface area contributed by atoms with Crippen LogP contribution in [0.3, 0.4) is 0 Å². The SMILES string of the molecule is Cc1nn(Cc2ccc(Cl)cc2)c2sc(C(=O)Nc3cc(Cl)ccc3Oc3ccccc3)cc12. The molecule has 0 saturated heterocycles. The maximum atomic E-state index is 13.2. The third-order valence-electron chi connectivity index (χ3n) is 5.24. The number of carbonyl (C=O) groups excluding carboxylic acids is 1. The first kappa shape index (κ1) is 22.5. The van der Waals surface area contributed by atoms with E-state index in [0.717, 1.165) is 21.5 Å². The Kier molecular flexibility index (Phi) is 6.28. The van der Waals surface area contributed by atoms with E-state index in [1.54, 1.807) is 18.2 Å². The number of hydrogen-bond donors (Lipinski definition) is 1. The number of thiophene rings is 1. The molecule has 2 heterocycles. The summed E-state index contributed by atoms with van der Waals surface area (Å²) in [6.45, 7) is 2.53. The van der Waals surface area contributed by atoms with Crippen molar-refractivity contribution in [3.8, 4) is 11.5 Å². The van der Waals surface area contributed by atoms with Gasteiger partial charge in [0, 0.05) is 15.4 Å². The van der Waals surface area contributed by atoms with Crippen LogP contribution in [-0.2, 0) is 6.54 Å². The van der Waals surface area contributed by atoms with Gasteiger partial charge in [-0.25, -0.2) is 0 Å². The highest BCUT2D eigenvalue weighted by Gasteiger charge is 2.18. The van der Waals surface area contributed by atoms with Gasteiger partial charge >= 0.3 is 0 Å². The molecule has 5 nitrogen and oxygen atoms in total. The fourth-order valence-corrected chi connectivity index (χ4v) is 4.94. The molecule has 1 amide bonds. The second-order valence-corrected chi connectivity index (χ2v) is 9.61. The van der Waals surface area contributed by atoms with Gasteiger partial charge in [0.1, 0.15) is 10.6 Å². The highest BCUT2D eigenvalue weighted by atomic mass is 35.5. The summed E-state index contributed by atoms with van der Waals surface area (Å²) in [4.78, 5) is 14.7. The Bertz CT molecular complexity index is 1480. The van der Waals surface area contributed by atoms with Gasteiger partial charge in [-0.2, -0.15) is 5.10 Å². The average molecular weight is 508 g/mol. The zero-order chi connectivity index (χ0) is 23.7. The minimum absolute atomic E-state index is 0.237. The fraction of sp³-hybridized carbons (Fsp3) is 0.0769. The number of aromatic nitrogens is 2. The summed E-state index contributed by atoms with van der Waals surface area (Å²) in [5.74, 6) is 0.939. The number of hydrogen-bond acceptors (Lipinski definition) is 4. The molecule has 3 aromatic carbocycles. The van der Waals surface area contributed by atoms with Gasteiger partial charge in [0.15, 0.2) is 5.75 Å². The molecule has 0 saturated carbocycles. The van der Waals surface area contributed by atoms with E-state index in [1.807, 2.05) is 72.3 Å². The molecule has 5 aromatic rings. The molecular weight excluding hydrogens is 489 g/mol. The van der Waals surface area contributed by atoms with Gasteiger partial charge in [-0.15, -0.1) is 11.3 Å². The smallest absolute Gasteiger partial charge is 0.265 e. The van der Waals surface area contributed by atoms with E-state index in [2.05, 4.69) is 10.4 Å². The second kappa shape index (κ2) is 9.50. The van der Waals surface area contributed by atoms with Gasteiger partial charge in [0.05, 0.1) is 22.8 Å². The average Bonchev–Trinajstić information content (AvgIpc) is 3.39. The third kappa shape index (κ3) is 4.80. The van der Waals surface area contributed by atoms with Gasteiger partial charge in [-0.1, -0.05) is 53.5 Å².